The maximum absolute atomic E-state index is 6.25. The van der Waals surface area contributed by atoms with Gasteiger partial charge in [0.2, 0.25) is 0 Å². The van der Waals surface area contributed by atoms with E-state index in [0.29, 0.717) is 21.9 Å². The van der Waals surface area contributed by atoms with Crippen LogP contribution in [-0.2, 0) is 6.54 Å². The molecule has 0 radical (unpaired) electrons. The van der Waals surface area contributed by atoms with E-state index in [0.717, 1.165) is 32.7 Å². The highest BCUT2D eigenvalue weighted by molar-refractivity contribution is 6.42. The summed E-state index contributed by atoms with van der Waals surface area (Å²) in [4.78, 5) is 2.55. The zero-order valence-corrected chi connectivity index (χ0v) is 15.5. The standard InChI is InChI=1S/C20H24Cl2N2/c1-2-23-11-17-13-24(12-15-6-4-3-5-7-15)14-18(17)16-8-9-19(21)20(22)10-16/h3-10,17-18,23H,2,11-14H2,1H3. The van der Waals surface area contributed by atoms with Crippen molar-refractivity contribution in [3.05, 3.63) is 69.7 Å². The van der Waals surface area contributed by atoms with E-state index in [-0.39, 0.29) is 0 Å². The van der Waals surface area contributed by atoms with Crippen LogP contribution in [0.4, 0.5) is 0 Å². The molecule has 0 amide bonds. The monoisotopic (exact) mass is 362 g/mol. The van der Waals surface area contributed by atoms with Crippen molar-refractivity contribution in [1.82, 2.24) is 10.2 Å². The normalized spacial score (nSPS) is 21.3. The van der Waals surface area contributed by atoms with E-state index in [1.165, 1.54) is 11.1 Å². The minimum absolute atomic E-state index is 0.488. The van der Waals surface area contributed by atoms with Crippen molar-refractivity contribution in [2.75, 3.05) is 26.2 Å². The molecule has 1 N–H and O–H groups in total. The quantitative estimate of drug-likeness (QED) is 0.792. The number of hydrogen-bond acceptors (Lipinski definition) is 2. The number of rotatable bonds is 6. The second-order valence-electron chi connectivity index (χ2n) is 6.53. The van der Waals surface area contributed by atoms with E-state index in [1.807, 2.05) is 12.1 Å². The lowest BCUT2D eigenvalue weighted by Gasteiger charge is -2.19. The number of likely N-dealkylation sites (tertiary alicyclic amines) is 1. The molecule has 2 atom stereocenters. The first-order chi connectivity index (χ1) is 11.7. The van der Waals surface area contributed by atoms with Gasteiger partial charge >= 0.3 is 0 Å². The first kappa shape index (κ1) is 17.8. The molecule has 2 unspecified atom stereocenters. The molecule has 2 aromatic carbocycles. The highest BCUT2D eigenvalue weighted by Crippen LogP contribution is 2.35. The summed E-state index contributed by atoms with van der Waals surface area (Å²) < 4.78 is 0. The molecular weight excluding hydrogens is 339 g/mol. The Labute approximate surface area is 154 Å². The summed E-state index contributed by atoms with van der Waals surface area (Å²) in [6.45, 7) is 7.36. The summed E-state index contributed by atoms with van der Waals surface area (Å²) in [5.41, 5.74) is 2.66. The second-order valence-corrected chi connectivity index (χ2v) is 7.34. The average Bonchev–Trinajstić information content (AvgIpc) is 2.99. The van der Waals surface area contributed by atoms with Gasteiger partial charge in [0.15, 0.2) is 0 Å². The molecule has 128 valence electrons. The van der Waals surface area contributed by atoms with Gasteiger partial charge < -0.3 is 5.32 Å². The summed E-state index contributed by atoms with van der Waals surface area (Å²) >= 11 is 12.3. The fraction of sp³-hybridized carbons (Fsp3) is 0.400. The van der Waals surface area contributed by atoms with Gasteiger partial charge in [-0.15, -0.1) is 0 Å². The van der Waals surface area contributed by atoms with Crippen LogP contribution in [0, 0.1) is 5.92 Å². The summed E-state index contributed by atoms with van der Waals surface area (Å²) in [5.74, 6) is 1.08. The molecule has 1 heterocycles. The van der Waals surface area contributed by atoms with Gasteiger partial charge in [0, 0.05) is 25.6 Å². The maximum Gasteiger partial charge on any atom is 0.0595 e. The number of halogens is 2. The van der Waals surface area contributed by atoms with E-state index >= 15 is 0 Å². The maximum atomic E-state index is 6.25. The Morgan fingerprint density at radius 1 is 1.04 bits per heavy atom. The van der Waals surface area contributed by atoms with E-state index in [4.69, 9.17) is 23.2 Å². The molecule has 0 saturated carbocycles. The largest absolute Gasteiger partial charge is 0.317 e. The van der Waals surface area contributed by atoms with Gasteiger partial charge in [0.25, 0.3) is 0 Å². The molecule has 0 aromatic heterocycles. The highest BCUT2D eigenvalue weighted by Gasteiger charge is 2.33. The Hall–Kier alpha value is -1.06. The van der Waals surface area contributed by atoms with Gasteiger partial charge in [-0.2, -0.15) is 0 Å². The lowest BCUT2D eigenvalue weighted by molar-refractivity contribution is 0.314. The molecule has 1 aliphatic heterocycles. The van der Waals surface area contributed by atoms with Gasteiger partial charge in [0.1, 0.15) is 0 Å². The third-order valence-corrected chi connectivity index (χ3v) is 5.53. The average molecular weight is 363 g/mol. The third-order valence-electron chi connectivity index (χ3n) is 4.79. The topological polar surface area (TPSA) is 15.3 Å². The van der Waals surface area contributed by atoms with Crippen LogP contribution in [0.15, 0.2) is 48.5 Å². The number of nitrogens with one attached hydrogen (secondary N) is 1. The Balaban J connectivity index is 1.76. The van der Waals surface area contributed by atoms with Crippen LogP contribution >= 0.6 is 23.2 Å². The third kappa shape index (κ3) is 4.31. The van der Waals surface area contributed by atoms with E-state index in [1.54, 1.807) is 0 Å². The molecule has 24 heavy (non-hydrogen) atoms. The van der Waals surface area contributed by atoms with Gasteiger partial charge in [-0.25, -0.2) is 0 Å². The van der Waals surface area contributed by atoms with Crippen LogP contribution in [0.1, 0.15) is 24.0 Å². The Morgan fingerprint density at radius 3 is 2.54 bits per heavy atom. The first-order valence-electron chi connectivity index (χ1n) is 8.59. The van der Waals surface area contributed by atoms with Crippen LogP contribution in [0.25, 0.3) is 0 Å². The van der Waals surface area contributed by atoms with Gasteiger partial charge in [-0.05, 0) is 42.3 Å². The smallest absolute Gasteiger partial charge is 0.0595 e. The lowest BCUT2D eigenvalue weighted by atomic mass is 9.89. The highest BCUT2D eigenvalue weighted by atomic mass is 35.5. The summed E-state index contributed by atoms with van der Waals surface area (Å²) in [5, 5.41) is 4.79. The number of nitrogens with zero attached hydrogens (tertiary/aromatic N) is 1. The molecule has 1 fully saturated rings. The SMILES string of the molecule is CCNCC1CN(Cc2ccccc2)CC1c1ccc(Cl)c(Cl)c1. The van der Waals surface area contributed by atoms with E-state index < -0.39 is 0 Å². The lowest BCUT2D eigenvalue weighted by Crippen LogP contribution is -2.27. The molecule has 3 rings (SSSR count). The summed E-state index contributed by atoms with van der Waals surface area (Å²) in [6, 6.07) is 16.8. The first-order valence-corrected chi connectivity index (χ1v) is 9.35. The minimum Gasteiger partial charge on any atom is -0.317 e. The van der Waals surface area contributed by atoms with Crippen molar-refractivity contribution < 1.29 is 0 Å². The van der Waals surface area contributed by atoms with Crippen LogP contribution in [0.2, 0.25) is 10.0 Å². The Kier molecular flexibility index (Phi) is 6.18. The zero-order chi connectivity index (χ0) is 16.9. The van der Waals surface area contributed by atoms with Gasteiger partial charge in [0.05, 0.1) is 10.0 Å². The Morgan fingerprint density at radius 2 is 1.83 bits per heavy atom. The van der Waals surface area contributed by atoms with Crippen LogP contribution in [-0.4, -0.2) is 31.1 Å². The number of benzene rings is 2. The van der Waals surface area contributed by atoms with Crippen LogP contribution < -0.4 is 5.32 Å². The number of hydrogen-bond donors (Lipinski definition) is 1. The zero-order valence-electron chi connectivity index (χ0n) is 14.0. The molecule has 2 nitrogen and oxygen atoms in total. The minimum atomic E-state index is 0.488. The van der Waals surface area contributed by atoms with Crippen molar-refractivity contribution in [3.63, 3.8) is 0 Å². The van der Waals surface area contributed by atoms with Crippen LogP contribution in [0.5, 0.6) is 0 Å². The fourth-order valence-electron chi connectivity index (χ4n) is 3.59. The molecular formula is C20H24Cl2N2. The van der Waals surface area contributed by atoms with Crippen molar-refractivity contribution in [2.24, 2.45) is 5.92 Å². The van der Waals surface area contributed by atoms with E-state index in [9.17, 15) is 0 Å². The summed E-state index contributed by atoms with van der Waals surface area (Å²) in [7, 11) is 0. The predicted octanol–water partition coefficient (Wildman–Crippen LogP) is 4.82. The summed E-state index contributed by atoms with van der Waals surface area (Å²) in [6.07, 6.45) is 0. The molecule has 4 heteroatoms. The Bertz CT molecular complexity index is 660. The van der Waals surface area contributed by atoms with Gasteiger partial charge in [-0.1, -0.05) is 66.5 Å². The second kappa shape index (κ2) is 8.35. The van der Waals surface area contributed by atoms with E-state index in [2.05, 4.69) is 53.5 Å². The molecule has 2 aromatic rings. The van der Waals surface area contributed by atoms with Crippen molar-refractivity contribution in [2.45, 2.75) is 19.4 Å². The molecule has 1 aliphatic rings. The fourth-order valence-corrected chi connectivity index (χ4v) is 3.90. The van der Waals surface area contributed by atoms with Crippen molar-refractivity contribution in [3.8, 4) is 0 Å². The molecule has 1 saturated heterocycles. The van der Waals surface area contributed by atoms with Gasteiger partial charge in [-0.3, -0.25) is 4.90 Å². The predicted molar refractivity (Wildman–Crippen MR) is 103 cm³/mol. The molecule has 0 spiro atoms. The molecule has 0 aliphatic carbocycles. The van der Waals surface area contributed by atoms with Crippen molar-refractivity contribution >= 4 is 23.2 Å². The van der Waals surface area contributed by atoms with Crippen LogP contribution in [0.3, 0.4) is 0 Å². The molecule has 0 bridgehead atoms. The van der Waals surface area contributed by atoms with Crippen molar-refractivity contribution in [1.29, 1.82) is 0 Å².